The molecular formula is C57H41N3O. The highest BCUT2D eigenvalue weighted by Crippen LogP contribution is 2.58. The summed E-state index contributed by atoms with van der Waals surface area (Å²) in [6.07, 6.45) is 6.29. The van der Waals surface area contributed by atoms with Gasteiger partial charge in [-0.2, -0.15) is 0 Å². The lowest BCUT2D eigenvalue weighted by molar-refractivity contribution is 0.353. The first kappa shape index (κ1) is 35.5. The molecule has 10 aromatic rings. The van der Waals surface area contributed by atoms with Crippen LogP contribution in [0.1, 0.15) is 43.2 Å². The second kappa shape index (κ2) is 14.4. The lowest BCUT2D eigenvalue weighted by Gasteiger charge is -2.37. The minimum atomic E-state index is 0.0857. The van der Waals surface area contributed by atoms with E-state index in [0.717, 1.165) is 49.8 Å². The van der Waals surface area contributed by atoms with Gasteiger partial charge in [-0.25, -0.2) is 15.0 Å². The molecule has 290 valence electrons. The van der Waals surface area contributed by atoms with E-state index in [4.69, 9.17) is 19.4 Å². The van der Waals surface area contributed by atoms with E-state index in [1.807, 2.05) is 30.3 Å². The molecule has 0 unspecified atom stereocenters. The molecule has 2 aliphatic rings. The minimum absolute atomic E-state index is 0.0857. The van der Waals surface area contributed by atoms with Gasteiger partial charge in [0, 0.05) is 32.9 Å². The molecule has 2 heterocycles. The molecule has 4 nitrogen and oxygen atoms in total. The van der Waals surface area contributed by atoms with Gasteiger partial charge in [0.2, 0.25) is 0 Å². The molecule has 8 aromatic carbocycles. The SMILES string of the molecule is c1ccc(-c2ccc(-c3nc(-c4ccc(-c5cccc(-c6cccc7c6C6(CCCCC6)c6ccccc6-7)c5)cc4)nc(-c4ccc5c(c4)oc4ccccc45)n3)cc2)cc1. The number of hydrogen-bond donors (Lipinski definition) is 0. The molecule has 0 bridgehead atoms. The average Bonchev–Trinajstić information content (AvgIpc) is 3.85. The first-order chi connectivity index (χ1) is 30.2. The number of fused-ring (bicyclic) bond motifs is 8. The third-order valence-corrected chi connectivity index (χ3v) is 13.2. The number of nitrogens with zero attached hydrogens (tertiary/aromatic N) is 3. The summed E-state index contributed by atoms with van der Waals surface area (Å²) in [6.45, 7) is 0. The van der Waals surface area contributed by atoms with E-state index in [1.54, 1.807) is 0 Å². The number of furan rings is 1. The second-order valence-electron chi connectivity index (χ2n) is 16.6. The van der Waals surface area contributed by atoms with Gasteiger partial charge in [0.1, 0.15) is 11.2 Å². The maximum Gasteiger partial charge on any atom is 0.164 e. The third kappa shape index (κ3) is 6.01. The molecule has 1 spiro atoms. The van der Waals surface area contributed by atoms with Crippen LogP contribution in [-0.2, 0) is 5.41 Å². The number of benzene rings is 8. The van der Waals surface area contributed by atoms with Crippen molar-refractivity contribution in [1.29, 1.82) is 0 Å². The molecule has 0 N–H and O–H groups in total. The minimum Gasteiger partial charge on any atom is -0.456 e. The van der Waals surface area contributed by atoms with Crippen molar-refractivity contribution in [2.45, 2.75) is 37.5 Å². The van der Waals surface area contributed by atoms with Crippen LogP contribution in [0.25, 0.3) is 101 Å². The molecule has 12 rings (SSSR count). The van der Waals surface area contributed by atoms with Crippen LogP contribution in [0.5, 0.6) is 0 Å². The third-order valence-electron chi connectivity index (χ3n) is 13.2. The summed E-state index contributed by atoms with van der Waals surface area (Å²) < 4.78 is 6.29. The first-order valence-electron chi connectivity index (χ1n) is 21.5. The fraction of sp³-hybridized carbons (Fsp3) is 0.105. The van der Waals surface area contributed by atoms with Crippen molar-refractivity contribution in [2.24, 2.45) is 0 Å². The van der Waals surface area contributed by atoms with Crippen LogP contribution in [0, 0.1) is 0 Å². The van der Waals surface area contributed by atoms with Crippen molar-refractivity contribution in [2.75, 3.05) is 0 Å². The van der Waals surface area contributed by atoms with Crippen molar-refractivity contribution in [3.63, 3.8) is 0 Å². The molecule has 0 amide bonds. The Hall–Kier alpha value is -7.43. The summed E-state index contributed by atoms with van der Waals surface area (Å²) in [4.78, 5) is 15.3. The fourth-order valence-electron chi connectivity index (χ4n) is 10.2. The van der Waals surface area contributed by atoms with Gasteiger partial charge < -0.3 is 4.42 Å². The molecule has 0 radical (unpaired) electrons. The lowest BCUT2D eigenvalue weighted by atomic mass is 9.66. The summed E-state index contributed by atoms with van der Waals surface area (Å²) in [5.74, 6) is 1.84. The Morgan fingerprint density at radius 3 is 1.64 bits per heavy atom. The fourth-order valence-corrected chi connectivity index (χ4v) is 10.2. The standard InChI is InChI=1S/C57H41N3O/c1-3-13-37(14-4-1)38-23-27-40(28-24-38)54-58-55(60-56(59-54)44-31-32-48-47-18-6-8-22-51(47)61-52(48)36-44)41-29-25-39(26-30-41)42-15-11-16-43(35-42)45-19-12-20-49-46-17-5-7-21-50(46)57(53(45)49)33-9-2-10-34-57/h1,3-8,11-32,35-36H,2,9-10,33-34H2. The highest BCUT2D eigenvalue weighted by molar-refractivity contribution is 6.05. The zero-order valence-corrected chi connectivity index (χ0v) is 33.7. The van der Waals surface area contributed by atoms with E-state index in [2.05, 4.69) is 158 Å². The van der Waals surface area contributed by atoms with E-state index >= 15 is 0 Å². The largest absolute Gasteiger partial charge is 0.456 e. The highest BCUT2D eigenvalue weighted by atomic mass is 16.3. The van der Waals surface area contributed by atoms with E-state index in [0.29, 0.717) is 17.5 Å². The van der Waals surface area contributed by atoms with Crippen LogP contribution in [-0.4, -0.2) is 15.0 Å². The summed E-state index contributed by atoms with van der Waals surface area (Å²) in [7, 11) is 0. The van der Waals surface area contributed by atoms with Gasteiger partial charge >= 0.3 is 0 Å². The number of hydrogen-bond acceptors (Lipinski definition) is 4. The van der Waals surface area contributed by atoms with Gasteiger partial charge in [0.05, 0.1) is 0 Å². The summed E-state index contributed by atoms with van der Waals surface area (Å²) in [5, 5.41) is 2.16. The molecular weight excluding hydrogens is 743 g/mol. The molecule has 0 saturated heterocycles. The quantitative estimate of drug-likeness (QED) is 0.169. The van der Waals surface area contributed by atoms with Crippen molar-refractivity contribution < 1.29 is 4.42 Å². The maximum absolute atomic E-state index is 6.29. The normalized spacial score (nSPS) is 14.0. The van der Waals surface area contributed by atoms with Gasteiger partial charge in [-0.15, -0.1) is 0 Å². The molecule has 0 atom stereocenters. The predicted octanol–water partition coefficient (Wildman–Crippen LogP) is 15.0. The average molecular weight is 784 g/mol. The first-order valence-corrected chi connectivity index (χ1v) is 21.5. The molecule has 1 fully saturated rings. The van der Waals surface area contributed by atoms with E-state index in [9.17, 15) is 0 Å². The van der Waals surface area contributed by atoms with Gasteiger partial charge in [0.15, 0.2) is 17.5 Å². The molecule has 1 saturated carbocycles. The van der Waals surface area contributed by atoms with Crippen LogP contribution in [0.4, 0.5) is 0 Å². The zero-order chi connectivity index (χ0) is 40.3. The van der Waals surface area contributed by atoms with E-state index in [1.165, 1.54) is 76.6 Å². The highest BCUT2D eigenvalue weighted by Gasteiger charge is 2.45. The monoisotopic (exact) mass is 783 g/mol. The van der Waals surface area contributed by atoms with Crippen molar-refractivity contribution in [1.82, 2.24) is 15.0 Å². The van der Waals surface area contributed by atoms with Gasteiger partial charge in [-0.1, -0.05) is 183 Å². The Labute approximate surface area is 355 Å². The zero-order valence-electron chi connectivity index (χ0n) is 33.7. The molecule has 4 heteroatoms. The number of rotatable bonds is 6. The summed E-state index contributed by atoms with van der Waals surface area (Å²) in [5.41, 5.74) is 17.6. The Morgan fingerprint density at radius 2 is 0.869 bits per heavy atom. The molecule has 0 aliphatic heterocycles. The number of aromatic nitrogens is 3. The van der Waals surface area contributed by atoms with Crippen LogP contribution in [0.2, 0.25) is 0 Å². The van der Waals surface area contributed by atoms with Crippen molar-refractivity contribution in [3.8, 4) is 78.7 Å². The molecule has 2 aromatic heterocycles. The lowest BCUT2D eigenvalue weighted by Crippen LogP contribution is -2.28. The van der Waals surface area contributed by atoms with Crippen molar-refractivity contribution in [3.05, 3.63) is 199 Å². The van der Waals surface area contributed by atoms with E-state index < -0.39 is 0 Å². The number of para-hydroxylation sites is 1. The van der Waals surface area contributed by atoms with E-state index in [-0.39, 0.29) is 5.41 Å². The van der Waals surface area contributed by atoms with Crippen LogP contribution in [0.3, 0.4) is 0 Å². The van der Waals surface area contributed by atoms with Crippen LogP contribution in [0.15, 0.2) is 192 Å². The predicted molar refractivity (Wildman–Crippen MR) is 249 cm³/mol. The summed E-state index contributed by atoms with van der Waals surface area (Å²) >= 11 is 0. The van der Waals surface area contributed by atoms with Crippen LogP contribution < -0.4 is 0 Å². The molecule has 2 aliphatic carbocycles. The topological polar surface area (TPSA) is 51.8 Å². The Kier molecular flexibility index (Phi) is 8.38. The molecule has 61 heavy (non-hydrogen) atoms. The van der Waals surface area contributed by atoms with Crippen molar-refractivity contribution >= 4 is 21.9 Å². The second-order valence-corrected chi connectivity index (χ2v) is 16.6. The Morgan fingerprint density at radius 1 is 0.344 bits per heavy atom. The Balaban J connectivity index is 0.921. The Bertz CT molecular complexity index is 3270. The van der Waals surface area contributed by atoms with Crippen LogP contribution >= 0.6 is 0 Å². The summed E-state index contributed by atoms with van der Waals surface area (Å²) in [6, 6.07) is 67.1. The van der Waals surface area contributed by atoms with Gasteiger partial charge in [-0.05, 0) is 92.7 Å². The smallest absolute Gasteiger partial charge is 0.164 e. The van der Waals surface area contributed by atoms with Gasteiger partial charge in [0.25, 0.3) is 0 Å². The maximum atomic E-state index is 6.29. The van der Waals surface area contributed by atoms with Gasteiger partial charge in [-0.3, -0.25) is 0 Å².